The van der Waals surface area contributed by atoms with Gasteiger partial charge in [-0.1, -0.05) is 43.2 Å². The second-order valence-corrected chi connectivity index (χ2v) is 9.98. The summed E-state index contributed by atoms with van der Waals surface area (Å²) < 4.78 is 18.7. The zero-order valence-electron chi connectivity index (χ0n) is 19.7. The number of hydrogen-bond acceptors (Lipinski definition) is 7. The quantitative estimate of drug-likeness (QED) is 0.459. The van der Waals surface area contributed by atoms with Crippen LogP contribution in [-0.2, 0) is 4.79 Å². The number of nitrogens with zero attached hydrogens (tertiary/aromatic N) is 4. The predicted octanol–water partition coefficient (Wildman–Crippen LogP) is 5.06. The Morgan fingerprint density at radius 1 is 1.00 bits per heavy atom. The van der Waals surface area contributed by atoms with E-state index in [0.29, 0.717) is 16.7 Å². The topological polar surface area (TPSA) is 74.5 Å². The molecule has 0 spiro atoms. The highest BCUT2D eigenvalue weighted by Crippen LogP contribution is 2.30. The number of carbonyl (C=O) groups is 1. The third-order valence-corrected chi connectivity index (χ3v) is 7.57. The van der Waals surface area contributed by atoms with Gasteiger partial charge in [-0.2, -0.15) is 0 Å². The van der Waals surface area contributed by atoms with Crippen LogP contribution in [0.25, 0.3) is 11.5 Å². The van der Waals surface area contributed by atoms with E-state index in [-0.39, 0.29) is 17.5 Å². The lowest BCUT2D eigenvalue weighted by Gasteiger charge is -2.42. The minimum atomic E-state index is -0.328. The Bertz CT molecular complexity index is 1120. The average Bonchev–Trinajstić information content (AvgIpc) is 3.38. The van der Waals surface area contributed by atoms with Crippen LogP contribution in [0.2, 0.25) is 0 Å². The maximum absolute atomic E-state index is 13.1. The first-order chi connectivity index (χ1) is 17.2. The van der Waals surface area contributed by atoms with Gasteiger partial charge in [0.25, 0.3) is 5.22 Å². The number of rotatable bonds is 7. The Morgan fingerprint density at radius 2 is 1.74 bits per heavy atom. The highest BCUT2D eigenvalue weighted by atomic mass is 32.2. The highest BCUT2D eigenvalue weighted by Gasteiger charge is 2.26. The van der Waals surface area contributed by atoms with E-state index < -0.39 is 0 Å². The molecule has 184 valence electrons. The fraction of sp³-hybridized carbons (Fsp3) is 0.423. The maximum Gasteiger partial charge on any atom is 0.277 e. The number of carbonyl (C=O) groups excluding carboxylic acids is 1. The number of aromatic nitrogens is 2. The molecule has 5 rings (SSSR count). The van der Waals surface area contributed by atoms with E-state index in [4.69, 9.17) is 4.42 Å². The molecule has 2 heterocycles. The predicted molar refractivity (Wildman–Crippen MR) is 136 cm³/mol. The van der Waals surface area contributed by atoms with Gasteiger partial charge in [-0.3, -0.25) is 9.69 Å². The van der Waals surface area contributed by atoms with Gasteiger partial charge in [0.15, 0.2) is 0 Å². The molecule has 1 aromatic heterocycles. The minimum Gasteiger partial charge on any atom is -0.411 e. The molecule has 0 bridgehead atoms. The van der Waals surface area contributed by atoms with Crippen molar-refractivity contribution in [1.29, 1.82) is 0 Å². The molecule has 3 aromatic rings. The molecule has 9 heteroatoms. The second kappa shape index (κ2) is 11.2. The number of piperazine rings is 1. The van der Waals surface area contributed by atoms with Crippen LogP contribution in [0.5, 0.6) is 0 Å². The lowest BCUT2D eigenvalue weighted by molar-refractivity contribution is -0.113. The zero-order chi connectivity index (χ0) is 24.0. The van der Waals surface area contributed by atoms with Crippen molar-refractivity contribution in [2.75, 3.05) is 42.1 Å². The molecule has 0 radical (unpaired) electrons. The van der Waals surface area contributed by atoms with Crippen LogP contribution in [0.4, 0.5) is 15.8 Å². The highest BCUT2D eigenvalue weighted by molar-refractivity contribution is 7.99. The summed E-state index contributed by atoms with van der Waals surface area (Å²) in [5.41, 5.74) is 2.51. The molecule has 2 fully saturated rings. The first kappa shape index (κ1) is 23.8. The number of hydrogen-bond donors (Lipinski definition) is 1. The standard InChI is InChI=1S/C26H30FN5O2S/c27-20-12-10-19(11-13-20)25-29-30-26(34-25)35-18-24(33)28-22-8-4-5-9-23(22)32-16-14-31(15-17-32)21-6-2-1-3-7-21/h4-5,8-13,21H,1-3,6-7,14-18H2,(H,28,33). The third-order valence-electron chi connectivity index (χ3n) is 6.75. The molecular weight excluding hydrogens is 465 g/mol. The van der Waals surface area contributed by atoms with E-state index in [1.165, 1.54) is 56.0 Å². The number of anilines is 2. The van der Waals surface area contributed by atoms with Crippen molar-refractivity contribution in [3.63, 3.8) is 0 Å². The van der Waals surface area contributed by atoms with Gasteiger partial charge in [0.1, 0.15) is 5.82 Å². The summed E-state index contributed by atoms with van der Waals surface area (Å²) in [6.45, 7) is 4.06. The van der Waals surface area contributed by atoms with Gasteiger partial charge < -0.3 is 14.6 Å². The van der Waals surface area contributed by atoms with E-state index in [9.17, 15) is 9.18 Å². The average molecular weight is 496 g/mol. The summed E-state index contributed by atoms with van der Waals surface area (Å²) in [5, 5.41) is 11.3. The van der Waals surface area contributed by atoms with Crippen LogP contribution in [-0.4, -0.2) is 59.0 Å². The smallest absolute Gasteiger partial charge is 0.277 e. The van der Waals surface area contributed by atoms with Crippen LogP contribution in [0.1, 0.15) is 32.1 Å². The van der Waals surface area contributed by atoms with Crippen molar-refractivity contribution in [1.82, 2.24) is 15.1 Å². The van der Waals surface area contributed by atoms with Crippen molar-refractivity contribution in [3.05, 3.63) is 54.3 Å². The summed E-state index contributed by atoms with van der Waals surface area (Å²) in [5.74, 6) is -0.0177. The molecule has 35 heavy (non-hydrogen) atoms. The molecule has 0 atom stereocenters. The molecule has 2 aromatic carbocycles. The Labute approximate surface area is 209 Å². The normalized spacial score (nSPS) is 17.5. The van der Waals surface area contributed by atoms with Gasteiger partial charge in [0.2, 0.25) is 11.8 Å². The van der Waals surface area contributed by atoms with E-state index in [1.54, 1.807) is 12.1 Å². The Balaban J connectivity index is 1.15. The van der Waals surface area contributed by atoms with Crippen LogP contribution < -0.4 is 10.2 Å². The summed E-state index contributed by atoms with van der Waals surface area (Å²) in [4.78, 5) is 17.7. The lowest BCUT2D eigenvalue weighted by atomic mass is 9.94. The van der Waals surface area contributed by atoms with Crippen molar-refractivity contribution in [3.8, 4) is 11.5 Å². The number of amides is 1. The zero-order valence-corrected chi connectivity index (χ0v) is 20.5. The van der Waals surface area contributed by atoms with Gasteiger partial charge in [-0.05, 0) is 49.2 Å². The molecule has 1 amide bonds. The van der Waals surface area contributed by atoms with Gasteiger partial charge in [0.05, 0.1) is 17.1 Å². The second-order valence-electron chi connectivity index (χ2n) is 9.05. The maximum atomic E-state index is 13.1. The SMILES string of the molecule is O=C(CSc1nnc(-c2ccc(F)cc2)o1)Nc1ccccc1N1CCN(C2CCCCC2)CC1. The van der Waals surface area contributed by atoms with Gasteiger partial charge in [-0.25, -0.2) is 4.39 Å². The first-order valence-corrected chi connectivity index (χ1v) is 13.2. The lowest BCUT2D eigenvalue weighted by Crippen LogP contribution is -2.51. The first-order valence-electron chi connectivity index (χ1n) is 12.3. The van der Waals surface area contributed by atoms with Crippen LogP contribution in [0, 0.1) is 5.82 Å². The van der Waals surface area contributed by atoms with Gasteiger partial charge >= 0.3 is 0 Å². The largest absolute Gasteiger partial charge is 0.411 e. The number of halogens is 1. The Hall–Kier alpha value is -2.91. The fourth-order valence-corrected chi connectivity index (χ4v) is 5.48. The summed E-state index contributed by atoms with van der Waals surface area (Å²) in [6.07, 6.45) is 6.75. The molecule has 1 aliphatic carbocycles. The molecule has 1 aliphatic heterocycles. The molecular formula is C26H30FN5O2S. The fourth-order valence-electron chi connectivity index (χ4n) is 4.92. The van der Waals surface area contributed by atoms with E-state index in [0.717, 1.165) is 43.6 Å². The molecule has 1 saturated carbocycles. The van der Waals surface area contributed by atoms with Crippen LogP contribution >= 0.6 is 11.8 Å². The number of benzene rings is 2. The van der Waals surface area contributed by atoms with E-state index in [1.807, 2.05) is 18.2 Å². The molecule has 1 saturated heterocycles. The molecule has 7 nitrogen and oxygen atoms in total. The Kier molecular flexibility index (Phi) is 7.63. The van der Waals surface area contributed by atoms with Gasteiger partial charge in [-0.15, -0.1) is 10.2 Å². The van der Waals surface area contributed by atoms with Crippen molar-refractivity contribution in [2.45, 2.75) is 43.4 Å². The number of nitrogens with one attached hydrogen (secondary N) is 1. The van der Waals surface area contributed by atoms with Crippen molar-refractivity contribution >= 4 is 29.0 Å². The molecule has 0 unspecified atom stereocenters. The van der Waals surface area contributed by atoms with E-state index in [2.05, 4.69) is 31.4 Å². The number of para-hydroxylation sites is 2. The van der Waals surface area contributed by atoms with Crippen LogP contribution in [0.3, 0.4) is 0 Å². The van der Waals surface area contributed by atoms with Crippen molar-refractivity contribution < 1.29 is 13.6 Å². The van der Waals surface area contributed by atoms with Crippen molar-refractivity contribution in [2.24, 2.45) is 0 Å². The number of thioether (sulfide) groups is 1. The monoisotopic (exact) mass is 495 g/mol. The van der Waals surface area contributed by atoms with Gasteiger partial charge in [0, 0.05) is 37.8 Å². The Morgan fingerprint density at radius 3 is 2.51 bits per heavy atom. The summed E-state index contributed by atoms with van der Waals surface area (Å²) in [7, 11) is 0. The third kappa shape index (κ3) is 6.02. The molecule has 2 aliphatic rings. The summed E-state index contributed by atoms with van der Waals surface area (Å²) >= 11 is 1.18. The van der Waals surface area contributed by atoms with Crippen LogP contribution in [0.15, 0.2) is 58.2 Å². The summed E-state index contributed by atoms with van der Waals surface area (Å²) in [6, 6.07) is 14.6. The minimum absolute atomic E-state index is 0.134. The molecule has 1 N–H and O–H groups in total. The van der Waals surface area contributed by atoms with E-state index >= 15 is 0 Å².